The van der Waals surface area contributed by atoms with Crippen molar-refractivity contribution in [2.75, 3.05) is 20.8 Å². The Kier molecular flexibility index (Phi) is 6.63. The number of nitrogens with two attached hydrogens (primary N) is 1. The van der Waals surface area contributed by atoms with Gasteiger partial charge in [-0.05, 0) is 48.2 Å². The van der Waals surface area contributed by atoms with E-state index in [9.17, 15) is 4.79 Å². The molecule has 128 valence electrons. The summed E-state index contributed by atoms with van der Waals surface area (Å²) in [5.74, 6) is 1.38. The van der Waals surface area contributed by atoms with Gasteiger partial charge in [-0.3, -0.25) is 4.79 Å². The van der Waals surface area contributed by atoms with Gasteiger partial charge in [0.1, 0.15) is 0 Å². The first-order valence-corrected chi connectivity index (χ1v) is 7.96. The van der Waals surface area contributed by atoms with Crippen LogP contribution in [0, 0.1) is 0 Å². The average molecular weight is 328 g/mol. The molecule has 2 aromatic rings. The fraction of sp³-hybridized carbons (Fsp3) is 0.316. The molecule has 0 spiro atoms. The third kappa shape index (κ3) is 4.73. The highest BCUT2D eigenvalue weighted by Gasteiger charge is 2.06. The fourth-order valence-electron chi connectivity index (χ4n) is 2.42. The highest BCUT2D eigenvalue weighted by molar-refractivity contribution is 5.94. The predicted molar refractivity (Wildman–Crippen MR) is 94.5 cm³/mol. The van der Waals surface area contributed by atoms with Gasteiger partial charge in [0.15, 0.2) is 11.5 Å². The molecule has 5 nitrogen and oxygen atoms in total. The molecule has 0 bridgehead atoms. The molecule has 0 aliphatic heterocycles. The van der Waals surface area contributed by atoms with Crippen LogP contribution in [-0.2, 0) is 13.0 Å². The minimum Gasteiger partial charge on any atom is -0.493 e. The van der Waals surface area contributed by atoms with Crippen LogP contribution in [0.25, 0.3) is 0 Å². The molecule has 0 aliphatic carbocycles. The van der Waals surface area contributed by atoms with Gasteiger partial charge in [-0.25, -0.2) is 0 Å². The minimum atomic E-state index is -0.0640. The molecule has 0 saturated carbocycles. The van der Waals surface area contributed by atoms with E-state index in [1.807, 2.05) is 30.3 Å². The number of ether oxygens (including phenoxy) is 2. The molecule has 0 unspecified atom stereocenters. The maximum atomic E-state index is 12.1. The number of hydrogen-bond acceptors (Lipinski definition) is 4. The lowest BCUT2D eigenvalue weighted by molar-refractivity contribution is 0.0953. The third-order valence-electron chi connectivity index (χ3n) is 3.83. The Morgan fingerprint density at radius 2 is 1.67 bits per heavy atom. The first kappa shape index (κ1) is 17.8. The largest absolute Gasteiger partial charge is 0.493 e. The molecular weight excluding hydrogens is 304 g/mol. The summed E-state index contributed by atoms with van der Waals surface area (Å²) in [4.78, 5) is 12.1. The van der Waals surface area contributed by atoms with E-state index in [-0.39, 0.29) is 5.91 Å². The highest BCUT2D eigenvalue weighted by Crippen LogP contribution is 2.27. The zero-order valence-corrected chi connectivity index (χ0v) is 14.2. The van der Waals surface area contributed by atoms with Gasteiger partial charge in [-0.15, -0.1) is 0 Å². The first-order valence-electron chi connectivity index (χ1n) is 7.96. The Balaban J connectivity index is 1.80. The van der Waals surface area contributed by atoms with Crippen LogP contribution in [0.4, 0.5) is 0 Å². The van der Waals surface area contributed by atoms with Crippen molar-refractivity contribution in [1.29, 1.82) is 0 Å². The molecule has 0 saturated heterocycles. The summed E-state index contributed by atoms with van der Waals surface area (Å²) in [6.07, 6.45) is 1.70. The maximum absolute atomic E-state index is 12.1. The smallest absolute Gasteiger partial charge is 0.251 e. The molecule has 24 heavy (non-hydrogen) atoms. The monoisotopic (exact) mass is 328 g/mol. The number of benzene rings is 2. The highest BCUT2D eigenvalue weighted by atomic mass is 16.5. The van der Waals surface area contributed by atoms with Crippen LogP contribution in [0.5, 0.6) is 11.5 Å². The number of methoxy groups -OCH3 is 2. The van der Waals surface area contributed by atoms with Crippen molar-refractivity contribution in [1.82, 2.24) is 5.32 Å². The quantitative estimate of drug-likeness (QED) is 0.730. The van der Waals surface area contributed by atoms with E-state index in [0.29, 0.717) is 18.7 Å². The Morgan fingerprint density at radius 1 is 1.00 bits per heavy atom. The fourth-order valence-corrected chi connectivity index (χ4v) is 2.42. The molecular formula is C19H24N2O3. The second-order valence-electron chi connectivity index (χ2n) is 5.45. The summed E-state index contributed by atoms with van der Waals surface area (Å²) in [6.45, 7) is 1.10. The van der Waals surface area contributed by atoms with E-state index in [1.54, 1.807) is 26.4 Å². The molecule has 2 aromatic carbocycles. The van der Waals surface area contributed by atoms with Crippen LogP contribution >= 0.6 is 0 Å². The molecule has 0 radical (unpaired) electrons. The number of rotatable bonds is 8. The maximum Gasteiger partial charge on any atom is 0.251 e. The lowest BCUT2D eigenvalue weighted by Crippen LogP contribution is -2.24. The molecule has 0 aromatic heterocycles. The summed E-state index contributed by atoms with van der Waals surface area (Å²) in [5, 5.41) is 2.93. The van der Waals surface area contributed by atoms with E-state index in [1.165, 1.54) is 0 Å². The number of carbonyl (C=O) groups excluding carboxylic acids is 1. The van der Waals surface area contributed by atoms with Crippen LogP contribution in [0.3, 0.4) is 0 Å². The van der Waals surface area contributed by atoms with Crippen molar-refractivity contribution in [2.24, 2.45) is 5.73 Å². The summed E-state index contributed by atoms with van der Waals surface area (Å²) in [7, 11) is 3.24. The van der Waals surface area contributed by atoms with Crippen LogP contribution in [0.15, 0.2) is 42.5 Å². The Morgan fingerprint density at radius 3 is 2.29 bits per heavy atom. The van der Waals surface area contributed by atoms with Gasteiger partial charge in [0.05, 0.1) is 14.2 Å². The van der Waals surface area contributed by atoms with Gasteiger partial charge in [0, 0.05) is 18.7 Å². The van der Waals surface area contributed by atoms with Gasteiger partial charge in [0.2, 0.25) is 0 Å². The molecule has 0 atom stereocenters. The summed E-state index contributed by atoms with van der Waals surface area (Å²) < 4.78 is 10.5. The van der Waals surface area contributed by atoms with E-state index < -0.39 is 0 Å². The van der Waals surface area contributed by atoms with Gasteiger partial charge in [-0.1, -0.05) is 18.2 Å². The lowest BCUT2D eigenvalue weighted by atomic mass is 10.1. The number of nitrogens with one attached hydrogen (secondary N) is 1. The first-order chi connectivity index (χ1) is 11.7. The Bertz CT molecular complexity index is 669. The zero-order valence-electron chi connectivity index (χ0n) is 14.2. The predicted octanol–water partition coefficient (Wildman–Crippen LogP) is 2.53. The van der Waals surface area contributed by atoms with Crippen molar-refractivity contribution >= 4 is 5.91 Å². The minimum absolute atomic E-state index is 0.0640. The van der Waals surface area contributed by atoms with E-state index in [0.717, 1.165) is 35.5 Å². The standard InChI is InChI=1S/C19H24N2O3/c1-23-17-10-7-14(12-18(17)24-2)4-3-11-21-19(22)16-8-5-15(13-20)6-9-16/h5-10,12H,3-4,11,13,20H2,1-2H3,(H,21,22). The number of aryl methyl sites for hydroxylation is 1. The Hall–Kier alpha value is -2.53. The topological polar surface area (TPSA) is 73.6 Å². The third-order valence-corrected chi connectivity index (χ3v) is 3.83. The van der Waals surface area contributed by atoms with Crippen molar-refractivity contribution in [2.45, 2.75) is 19.4 Å². The van der Waals surface area contributed by atoms with Crippen LogP contribution in [-0.4, -0.2) is 26.7 Å². The molecule has 0 aliphatic rings. The van der Waals surface area contributed by atoms with Crippen LogP contribution in [0.2, 0.25) is 0 Å². The second-order valence-corrected chi connectivity index (χ2v) is 5.45. The van der Waals surface area contributed by atoms with E-state index in [4.69, 9.17) is 15.2 Å². The van der Waals surface area contributed by atoms with Gasteiger partial charge in [0.25, 0.3) is 5.91 Å². The lowest BCUT2D eigenvalue weighted by Gasteiger charge is -2.10. The molecule has 0 fully saturated rings. The van der Waals surface area contributed by atoms with E-state index >= 15 is 0 Å². The number of carbonyl (C=O) groups is 1. The zero-order chi connectivity index (χ0) is 17.4. The SMILES string of the molecule is COc1ccc(CCCNC(=O)c2ccc(CN)cc2)cc1OC. The molecule has 0 heterocycles. The molecule has 2 rings (SSSR count). The normalized spacial score (nSPS) is 10.3. The molecule has 1 amide bonds. The van der Waals surface area contributed by atoms with E-state index in [2.05, 4.69) is 5.32 Å². The van der Waals surface area contributed by atoms with Gasteiger partial charge in [-0.2, -0.15) is 0 Å². The Labute approximate surface area is 142 Å². The second kappa shape index (κ2) is 8.93. The summed E-state index contributed by atoms with van der Waals surface area (Å²) in [5.41, 5.74) is 8.36. The number of hydrogen-bond donors (Lipinski definition) is 2. The summed E-state index contributed by atoms with van der Waals surface area (Å²) in [6, 6.07) is 13.2. The van der Waals surface area contributed by atoms with Crippen molar-refractivity contribution in [3.8, 4) is 11.5 Å². The molecule has 5 heteroatoms. The van der Waals surface area contributed by atoms with Crippen LogP contribution < -0.4 is 20.5 Å². The summed E-state index contributed by atoms with van der Waals surface area (Å²) >= 11 is 0. The van der Waals surface area contributed by atoms with Crippen molar-refractivity contribution in [3.63, 3.8) is 0 Å². The average Bonchev–Trinajstić information content (AvgIpc) is 2.64. The van der Waals surface area contributed by atoms with Crippen LogP contribution in [0.1, 0.15) is 27.9 Å². The van der Waals surface area contributed by atoms with Gasteiger partial charge >= 0.3 is 0 Å². The van der Waals surface area contributed by atoms with Crippen molar-refractivity contribution in [3.05, 3.63) is 59.2 Å². The van der Waals surface area contributed by atoms with Gasteiger partial charge < -0.3 is 20.5 Å². The number of amides is 1. The van der Waals surface area contributed by atoms with Crippen molar-refractivity contribution < 1.29 is 14.3 Å². The molecule has 3 N–H and O–H groups in total.